The van der Waals surface area contributed by atoms with E-state index in [9.17, 15) is 4.79 Å². The standard InChI is InChI=1S/C17H26N2O/c1-12(2)11-15(18)17(20)19-16-10-6-9-14(16)13-7-4-3-5-8-13/h3-5,7-8,12,14-16H,6,9-11,18H2,1-2H3,(H,19,20)/t14?,15-,16?/m0/s1. The van der Waals surface area contributed by atoms with E-state index in [1.54, 1.807) is 0 Å². The van der Waals surface area contributed by atoms with Gasteiger partial charge in [-0.05, 0) is 30.7 Å². The van der Waals surface area contributed by atoms with Crippen LogP contribution in [0.25, 0.3) is 0 Å². The van der Waals surface area contributed by atoms with Gasteiger partial charge in [0.2, 0.25) is 5.91 Å². The summed E-state index contributed by atoms with van der Waals surface area (Å²) in [5, 5.41) is 3.17. The smallest absolute Gasteiger partial charge is 0.237 e. The predicted molar refractivity (Wildman–Crippen MR) is 82.4 cm³/mol. The summed E-state index contributed by atoms with van der Waals surface area (Å²) >= 11 is 0. The highest BCUT2D eigenvalue weighted by atomic mass is 16.2. The number of hydrogen-bond acceptors (Lipinski definition) is 2. The van der Waals surface area contributed by atoms with Gasteiger partial charge < -0.3 is 11.1 Å². The molecule has 1 saturated carbocycles. The lowest BCUT2D eigenvalue weighted by Crippen LogP contribution is -2.46. The van der Waals surface area contributed by atoms with Crippen molar-refractivity contribution in [2.75, 3.05) is 0 Å². The minimum Gasteiger partial charge on any atom is -0.351 e. The van der Waals surface area contributed by atoms with Crippen molar-refractivity contribution in [3.05, 3.63) is 35.9 Å². The van der Waals surface area contributed by atoms with Gasteiger partial charge in [0.1, 0.15) is 0 Å². The van der Waals surface area contributed by atoms with Crippen molar-refractivity contribution >= 4 is 5.91 Å². The zero-order valence-electron chi connectivity index (χ0n) is 12.5. The van der Waals surface area contributed by atoms with Crippen LogP contribution >= 0.6 is 0 Å². The van der Waals surface area contributed by atoms with Crippen molar-refractivity contribution in [1.82, 2.24) is 5.32 Å². The number of hydrogen-bond donors (Lipinski definition) is 2. The molecule has 0 heterocycles. The average Bonchev–Trinajstić information content (AvgIpc) is 2.87. The van der Waals surface area contributed by atoms with Crippen molar-refractivity contribution in [3.8, 4) is 0 Å². The number of carbonyl (C=O) groups is 1. The zero-order chi connectivity index (χ0) is 14.5. The molecule has 0 bridgehead atoms. The Bertz CT molecular complexity index is 430. The first-order valence-electron chi connectivity index (χ1n) is 7.69. The van der Waals surface area contributed by atoms with Gasteiger partial charge >= 0.3 is 0 Å². The normalized spacial score (nSPS) is 23.8. The highest BCUT2D eigenvalue weighted by Gasteiger charge is 2.30. The lowest BCUT2D eigenvalue weighted by atomic mass is 9.93. The van der Waals surface area contributed by atoms with Crippen LogP contribution in [0.4, 0.5) is 0 Å². The van der Waals surface area contributed by atoms with E-state index >= 15 is 0 Å². The maximum Gasteiger partial charge on any atom is 0.237 e. The molecule has 1 aliphatic rings. The number of amides is 1. The molecule has 110 valence electrons. The van der Waals surface area contributed by atoms with Crippen LogP contribution in [0.5, 0.6) is 0 Å². The second kappa shape index (κ2) is 6.89. The summed E-state index contributed by atoms with van der Waals surface area (Å²) in [6.07, 6.45) is 4.12. The maximum atomic E-state index is 12.2. The van der Waals surface area contributed by atoms with Crippen molar-refractivity contribution in [2.45, 2.75) is 57.5 Å². The van der Waals surface area contributed by atoms with Crippen molar-refractivity contribution < 1.29 is 4.79 Å². The lowest BCUT2D eigenvalue weighted by molar-refractivity contribution is -0.123. The van der Waals surface area contributed by atoms with Gasteiger partial charge in [0, 0.05) is 12.0 Å². The van der Waals surface area contributed by atoms with Crippen LogP contribution in [-0.2, 0) is 4.79 Å². The Morgan fingerprint density at radius 3 is 2.65 bits per heavy atom. The summed E-state index contributed by atoms with van der Waals surface area (Å²) in [5.74, 6) is 0.891. The van der Waals surface area contributed by atoms with Crippen LogP contribution in [-0.4, -0.2) is 18.0 Å². The first-order valence-corrected chi connectivity index (χ1v) is 7.69. The van der Waals surface area contributed by atoms with E-state index in [0.717, 1.165) is 19.3 Å². The van der Waals surface area contributed by atoms with Crippen LogP contribution in [0.1, 0.15) is 51.0 Å². The van der Waals surface area contributed by atoms with Crippen LogP contribution in [0.15, 0.2) is 30.3 Å². The van der Waals surface area contributed by atoms with Crippen LogP contribution in [0.2, 0.25) is 0 Å². The Balaban J connectivity index is 1.96. The Morgan fingerprint density at radius 1 is 1.30 bits per heavy atom. The Morgan fingerprint density at radius 2 is 2.00 bits per heavy atom. The molecule has 0 aliphatic heterocycles. The minimum absolute atomic E-state index is 0.00605. The Labute approximate surface area is 121 Å². The van der Waals surface area contributed by atoms with Gasteiger partial charge in [0.25, 0.3) is 0 Å². The number of nitrogens with two attached hydrogens (primary N) is 1. The molecule has 0 radical (unpaired) electrons. The quantitative estimate of drug-likeness (QED) is 0.867. The van der Waals surface area contributed by atoms with E-state index in [4.69, 9.17) is 5.73 Å². The van der Waals surface area contributed by atoms with Gasteiger partial charge in [-0.3, -0.25) is 4.79 Å². The first kappa shape index (κ1) is 15.0. The number of carbonyl (C=O) groups excluding carboxylic acids is 1. The summed E-state index contributed by atoms with van der Waals surface area (Å²) in [5.41, 5.74) is 7.29. The molecule has 1 aromatic rings. The minimum atomic E-state index is -0.382. The van der Waals surface area contributed by atoms with E-state index in [-0.39, 0.29) is 18.0 Å². The van der Waals surface area contributed by atoms with E-state index < -0.39 is 0 Å². The van der Waals surface area contributed by atoms with Crippen molar-refractivity contribution in [1.29, 1.82) is 0 Å². The molecular formula is C17H26N2O. The monoisotopic (exact) mass is 274 g/mol. The Kier molecular flexibility index (Phi) is 5.18. The van der Waals surface area contributed by atoms with Gasteiger partial charge in [-0.2, -0.15) is 0 Å². The molecular weight excluding hydrogens is 248 g/mol. The fraction of sp³-hybridized carbons (Fsp3) is 0.588. The molecule has 1 aliphatic carbocycles. The lowest BCUT2D eigenvalue weighted by Gasteiger charge is -2.23. The second-order valence-electron chi connectivity index (χ2n) is 6.30. The van der Waals surface area contributed by atoms with Gasteiger partial charge in [-0.25, -0.2) is 0 Å². The van der Waals surface area contributed by atoms with E-state index in [2.05, 4.69) is 43.4 Å². The number of benzene rings is 1. The number of nitrogens with one attached hydrogen (secondary N) is 1. The second-order valence-corrected chi connectivity index (χ2v) is 6.30. The average molecular weight is 274 g/mol. The van der Waals surface area contributed by atoms with Crippen LogP contribution in [0.3, 0.4) is 0 Å². The molecule has 0 saturated heterocycles. The fourth-order valence-electron chi connectivity index (χ4n) is 3.14. The molecule has 3 N–H and O–H groups in total. The third-order valence-electron chi connectivity index (χ3n) is 4.13. The summed E-state index contributed by atoms with van der Waals surface area (Å²) in [4.78, 5) is 12.2. The molecule has 3 atom stereocenters. The third-order valence-corrected chi connectivity index (χ3v) is 4.13. The molecule has 2 rings (SSSR count). The largest absolute Gasteiger partial charge is 0.351 e. The molecule has 1 amide bonds. The van der Waals surface area contributed by atoms with Crippen molar-refractivity contribution in [3.63, 3.8) is 0 Å². The van der Waals surface area contributed by atoms with E-state index in [1.165, 1.54) is 12.0 Å². The highest BCUT2D eigenvalue weighted by molar-refractivity contribution is 5.81. The van der Waals surface area contributed by atoms with Crippen LogP contribution in [0, 0.1) is 5.92 Å². The van der Waals surface area contributed by atoms with Crippen LogP contribution < -0.4 is 11.1 Å². The maximum absolute atomic E-state index is 12.2. The third kappa shape index (κ3) is 3.83. The SMILES string of the molecule is CC(C)C[C@H](N)C(=O)NC1CCCC1c1ccccc1. The Hall–Kier alpha value is -1.35. The number of rotatable bonds is 5. The predicted octanol–water partition coefficient (Wildman–Crippen LogP) is 2.81. The highest BCUT2D eigenvalue weighted by Crippen LogP contribution is 2.34. The molecule has 0 spiro atoms. The molecule has 3 nitrogen and oxygen atoms in total. The summed E-state index contributed by atoms with van der Waals surface area (Å²) in [7, 11) is 0. The van der Waals surface area contributed by atoms with Gasteiger partial charge in [-0.15, -0.1) is 0 Å². The fourth-order valence-corrected chi connectivity index (χ4v) is 3.14. The van der Waals surface area contributed by atoms with E-state index in [1.807, 2.05) is 6.07 Å². The van der Waals surface area contributed by atoms with Crippen molar-refractivity contribution in [2.24, 2.45) is 11.7 Å². The van der Waals surface area contributed by atoms with Gasteiger partial charge in [0.05, 0.1) is 6.04 Å². The molecule has 1 fully saturated rings. The van der Waals surface area contributed by atoms with Gasteiger partial charge in [-0.1, -0.05) is 50.6 Å². The summed E-state index contributed by atoms with van der Waals surface area (Å²) in [6.45, 7) is 4.19. The van der Waals surface area contributed by atoms with E-state index in [0.29, 0.717) is 11.8 Å². The molecule has 2 unspecified atom stereocenters. The summed E-state index contributed by atoms with van der Waals surface area (Å²) in [6, 6.07) is 10.3. The van der Waals surface area contributed by atoms with Gasteiger partial charge in [0.15, 0.2) is 0 Å². The topological polar surface area (TPSA) is 55.1 Å². The molecule has 3 heteroatoms. The molecule has 20 heavy (non-hydrogen) atoms. The summed E-state index contributed by atoms with van der Waals surface area (Å²) < 4.78 is 0. The molecule has 0 aromatic heterocycles. The molecule has 1 aromatic carbocycles. The first-order chi connectivity index (χ1) is 9.58. The zero-order valence-corrected chi connectivity index (χ0v) is 12.5.